The Bertz CT molecular complexity index is 577. The van der Waals surface area contributed by atoms with Crippen molar-refractivity contribution < 1.29 is 12.8 Å². The molecule has 1 aliphatic heterocycles. The Morgan fingerprint density at radius 3 is 2.79 bits per heavy atom. The van der Waals surface area contributed by atoms with E-state index in [-0.39, 0.29) is 23.9 Å². The number of hydrogen-bond donors (Lipinski definition) is 0. The predicted octanol–water partition coefficient (Wildman–Crippen LogP) is 2.25. The molecule has 1 aliphatic rings. The van der Waals surface area contributed by atoms with Crippen LogP contribution >= 0.6 is 11.6 Å². The number of hydrogen-bond acceptors (Lipinski definition) is 3. The second kappa shape index (κ2) is 5.00. The number of halogens is 2. The van der Waals surface area contributed by atoms with Gasteiger partial charge in [0.15, 0.2) is 5.82 Å². The van der Waals surface area contributed by atoms with Gasteiger partial charge < -0.3 is 0 Å². The zero-order valence-electron chi connectivity index (χ0n) is 10.8. The van der Waals surface area contributed by atoms with Gasteiger partial charge in [-0.2, -0.15) is 4.31 Å². The van der Waals surface area contributed by atoms with Gasteiger partial charge in [0.05, 0.1) is 0 Å². The van der Waals surface area contributed by atoms with Gasteiger partial charge in [-0.1, -0.05) is 13.8 Å². The minimum atomic E-state index is -3.90. The Kier molecular flexibility index (Phi) is 3.86. The van der Waals surface area contributed by atoms with Crippen LogP contribution in [0.5, 0.6) is 0 Å². The quantitative estimate of drug-likeness (QED) is 0.788. The van der Waals surface area contributed by atoms with E-state index in [9.17, 15) is 12.8 Å². The fraction of sp³-hybridized carbons (Fsp3) is 0.583. The molecule has 106 valence electrons. The highest BCUT2D eigenvalue weighted by atomic mass is 35.5. The van der Waals surface area contributed by atoms with Crippen molar-refractivity contribution >= 4 is 21.6 Å². The molecular weight excluding hydrogens is 291 g/mol. The first kappa shape index (κ1) is 14.7. The van der Waals surface area contributed by atoms with E-state index in [0.717, 1.165) is 6.07 Å². The summed E-state index contributed by atoms with van der Waals surface area (Å²) in [5.74, 6) is -0.826. The second-order valence-corrected chi connectivity index (χ2v) is 7.75. The average Bonchev–Trinajstić information content (AvgIpc) is 2.32. The normalized spacial score (nSPS) is 24.3. The first-order valence-electron chi connectivity index (χ1n) is 6.00. The van der Waals surface area contributed by atoms with Crippen molar-refractivity contribution in [3.8, 4) is 0 Å². The molecule has 0 radical (unpaired) electrons. The smallest absolute Gasteiger partial charge is 0.241 e. The Labute approximate surface area is 117 Å². The Hall–Kier alpha value is -0.720. The molecule has 1 atom stereocenters. The lowest BCUT2D eigenvalue weighted by atomic mass is 9.85. The average molecular weight is 307 g/mol. The van der Waals surface area contributed by atoms with Gasteiger partial charge in [0.1, 0.15) is 0 Å². The maximum absolute atomic E-state index is 13.6. The monoisotopic (exact) mass is 306 g/mol. The van der Waals surface area contributed by atoms with Gasteiger partial charge in [-0.25, -0.2) is 17.8 Å². The zero-order valence-corrected chi connectivity index (χ0v) is 12.4. The fourth-order valence-electron chi connectivity index (χ4n) is 2.17. The van der Waals surface area contributed by atoms with Crippen molar-refractivity contribution in [3.63, 3.8) is 0 Å². The molecule has 1 saturated heterocycles. The molecule has 0 N–H and O–H groups in total. The van der Waals surface area contributed by atoms with E-state index in [1.807, 2.05) is 13.8 Å². The summed E-state index contributed by atoms with van der Waals surface area (Å²) in [6.07, 6.45) is 1.82. The number of alkyl halides is 1. The first-order chi connectivity index (χ1) is 8.75. The van der Waals surface area contributed by atoms with E-state index < -0.39 is 20.9 Å². The van der Waals surface area contributed by atoms with Crippen LogP contribution in [0, 0.1) is 11.2 Å². The molecule has 19 heavy (non-hydrogen) atoms. The standard InChI is InChI=1S/C12H16ClFN2O2S/c1-12(2)8-16(7-5-10(12)13)19(17,18)11-9(14)4-3-6-15-11/h3-4,6,10H,5,7-8H2,1-2H3. The molecule has 0 aliphatic carbocycles. The Balaban J connectivity index is 2.34. The van der Waals surface area contributed by atoms with Crippen molar-refractivity contribution in [2.45, 2.75) is 30.7 Å². The van der Waals surface area contributed by atoms with Gasteiger partial charge in [0.25, 0.3) is 10.0 Å². The van der Waals surface area contributed by atoms with Crippen LogP contribution < -0.4 is 0 Å². The number of pyridine rings is 1. The lowest BCUT2D eigenvalue weighted by Gasteiger charge is -2.40. The summed E-state index contributed by atoms with van der Waals surface area (Å²) in [7, 11) is -3.90. The topological polar surface area (TPSA) is 50.3 Å². The van der Waals surface area contributed by atoms with E-state index in [1.165, 1.54) is 16.6 Å². The van der Waals surface area contributed by atoms with Crippen LogP contribution in [-0.2, 0) is 10.0 Å². The molecule has 1 aromatic rings. The van der Waals surface area contributed by atoms with Crippen LogP contribution in [-0.4, -0.2) is 36.2 Å². The van der Waals surface area contributed by atoms with Crippen LogP contribution in [0.1, 0.15) is 20.3 Å². The third-order valence-corrected chi connectivity index (χ3v) is 5.96. The number of rotatable bonds is 2. The van der Waals surface area contributed by atoms with E-state index in [1.54, 1.807) is 0 Å². The van der Waals surface area contributed by atoms with E-state index in [0.29, 0.717) is 6.42 Å². The molecule has 2 heterocycles. The lowest BCUT2D eigenvalue weighted by molar-refractivity contribution is 0.192. The molecule has 2 rings (SSSR count). The van der Waals surface area contributed by atoms with Gasteiger partial charge in [-0.05, 0) is 24.0 Å². The summed E-state index contributed by atoms with van der Waals surface area (Å²) in [6, 6.07) is 2.46. The van der Waals surface area contributed by atoms with E-state index in [2.05, 4.69) is 4.98 Å². The maximum Gasteiger partial charge on any atom is 0.263 e. The Morgan fingerprint density at radius 2 is 2.21 bits per heavy atom. The molecule has 4 nitrogen and oxygen atoms in total. The number of sulfonamides is 1. The third kappa shape index (κ3) is 2.75. The molecular formula is C12H16ClFN2O2S. The number of aromatic nitrogens is 1. The van der Waals surface area contributed by atoms with Crippen LogP contribution in [0.3, 0.4) is 0 Å². The first-order valence-corrected chi connectivity index (χ1v) is 7.87. The molecule has 0 bridgehead atoms. The summed E-state index contributed by atoms with van der Waals surface area (Å²) in [4.78, 5) is 3.65. The van der Waals surface area contributed by atoms with Gasteiger partial charge in [-0.15, -0.1) is 11.6 Å². The van der Waals surface area contributed by atoms with Crippen LogP contribution in [0.25, 0.3) is 0 Å². The van der Waals surface area contributed by atoms with Crippen LogP contribution in [0.4, 0.5) is 4.39 Å². The van der Waals surface area contributed by atoms with Gasteiger partial charge >= 0.3 is 0 Å². The molecule has 0 amide bonds. The molecule has 0 aromatic carbocycles. The van der Waals surface area contributed by atoms with Crippen LogP contribution in [0.2, 0.25) is 0 Å². The highest BCUT2D eigenvalue weighted by Gasteiger charge is 2.40. The van der Waals surface area contributed by atoms with Crippen molar-refractivity contribution in [2.75, 3.05) is 13.1 Å². The SMILES string of the molecule is CC1(C)CN(S(=O)(=O)c2ncccc2F)CCC1Cl. The van der Waals surface area contributed by atoms with E-state index >= 15 is 0 Å². The van der Waals surface area contributed by atoms with Gasteiger partial charge in [0.2, 0.25) is 5.03 Å². The molecule has 1 aromatic heterocycles. The molecule has 1 fully saturated rings. The highest BCUT2D eigenvalue weighted by Crippen LogP contribution is 2.35. The van der Waals surface area contributed by atoms with Crippen molar-refractivity contribution in [1.82, 2.24) is 9.29 Å². The number of piperidine rings is 1. The minimum Gasteiger partial charge on any atom is -0.241 e. The number of nitrogens with zero attached hydrogens (tertiary/aromatic N) is 2. The minimum absolute atomic E-state index is 0.0903. The molecule has 1 unspecified atom stereocenters. The second-order valence-electron chi connectivity index (χ2n) is 5.37. The maximum atomic E-state index is 13.6. The predicted molar refractivity (Wildman–Crippen MR) is 71.0 cm³/mol. The highest BCUT2D eigenvalue weighted by molar-refractivity contribution is 7.89. The molecule has 0 spiro atoms. The largest absolute Gasteiger partial charge is 0.263 e. The van der Waals surface area contributed by atoms with Crippen LogP contribution in [0.15, 0.2) is 23.4 Å². The lowest BCUT2D eigenvalue weighted by Crippen LogP contribution is -2.49. The summed E-state index contributed by atoms with van der Waals surface area (Å²) in [5, 5.41) is -0.605. The Morgan fingerprint density at radius 1 is 1.53 bits per heavy atom. The summed E-state index contributed by atoms with van der Waals surface area (Å²) in [5.41, 5.74) is -0.349. The third-order valence-electron chi connectivity index (χ3n) is 3.37. The molecule has 0 saturated carbocycles. The molecule has 7 heteroatoms. The van der Waals surface area contributed by atoms with Crippen molar-refractivity contribution in [3.05, 3.63) is 24.1 Å². The fourth-order valence-corrected chi connectivity index (χ4v) is 3.94. The summed E-state index contributed by atoms with van der Waals surface area (Å²) >= 11 is 6.19. The van der Waals surface area contributed by atoms with Gasteiger partial charge in [0, 0.05) is 24.7 Å². The van der Waals surface area contributed by atoms with Gasteiger partial charge in [-0.3, -0.25) is 0 Å². The van der Waals surface area contributed by atoms with E-state index in [4.69, 9.17) is 11.6 Å². The zero-order chi connectivity index (χ0) is 14.3. The van der Waals surface area contributed by atoms with Crippen molar-refractivity contribution in [2.24, 2.45) is 5.41 Å². The summed E-state index contributed by atoms with van der Waals surface area (Å²) < 4.78 is 39.6. The summed E-state index contributed by atoms with van der Waals surface area (Å²) in [6.45, 7) is 4.36. The van der Waals surface area contributed by atoms with Crippen molar-refractivity contribution in [1.29, 1.82) is 0 Å².